The summed E-state index contributed by atoms with van der Waals surface area (Å²) >= 11 is 0. The maximum absolute atomic E-state index is 5.73. The van der Waals surface area contributed by atoms with Crippen molar-refractivity contribution in [2.24, 2.45) is 11.7 Å². The lowest BCUT2D eigenvalue weighted by Crippen LogP contribution is -2.34. The van der Waals surface area contributed by atoms with Gasteiger partial charge in [-0.2, -0.15) is 0 Å². The molecule has 0 fully saturated rings. The van der Waals surface area contributed by atoms with Crippen LogP contribution < -0.4 is 10.6 Å². The van der Waals surface area contributed by atoms with E-state index in [0.29, 0.717) is 18.5 Å². The lowest BCUT2D eigenvalue weighted by Gasteiger charge is -2.29. The van der Waals surface area contributed by atoms with E-state index in [9.17, 15) is 0 Å². The van der Waals surface area contributed by atoms with Gasteiger partial charge in [-0.25, -0.2) is 0 Å². The molecule has 0 aliphatic carbocycles. The predicted octanol–water partition coefficient (Wildman–Crippen LogP) is 3.42. The Labute approximate surface area is 124 Å². The Hall–Kier alpha value is -1.06. The number of benzene rings is 1. The molecule has 3 heteroatoms. The van der Waals surface area contributed by atoms with E-state index in [2.05, 4.69) is 56.9 Å². The smallest absolute Gasteiger partial charge is 0.0641 e. The molecule has 0 saturated heterocycles. The van der Waals surface area contributed by atoms with Gasteiger partial charge in [0.1, 0.15) is 0 Å². The zero-order valence-corrected chi connectivity index (χ0v) is 13.4. The Bertz CT molecular complexity index is 360. The number of hydrogen-bond acceptors (Lipinski definition) is 3. The second kappa shape index (κ2) is 8.98. The number of hydrogen-bond donors (Lipinski definition) is 1. The first-order chi connectivity index (χ1) is 9.54. The van der Waals surface area contributed by atoms with Crippen LogP contribution in [0.25, 0.3) is 0 Å². The summed E-state index contributed by atoms with van der Waals surface area (Å²) in [6.07, 6.45) is 1.13. The molecule has 2 N–H and O–H groups in total. The van der Waals surface area contributed by atoms with E-state index in [4.69, 9.17) is 10.5 Å². The highest BCUT2D eigenvalue weighted by molar-refractivity contribution is 5.48. The van der Waals surface area contributed by atoms with E-state index >= 15 is 0 Å². The predicted molar refractivity (Wildman–Crippen MR) is 87.1 cm³/mol. The molecule has 0 radical (unpaired) electrons. The van der Waals surface area contributed by atoms with Crippen molar-refractivity contribution in [3.05, 3.63) is 29.8 Å². The molecule has 0 aromatic heterocycles. The number of nitrogens with zero attached hydrogens (tertiary/aromatic N) is 1. The van der Waals surface area contributed by atoms with Crippen LogP contribution in [-0.4, -0.2) is 25.8 Å². The Morgan fingerprint density at radius 2 is 1.70 bits per heavy atom. The zero-order chi connectivity index (χ0) is 15.0. The van der Waals surface area contributed by atoms with Crippen LogP contribution in [-0.2, 0) is 11.3 Å². The highest BCUT2D eigenvalue weighted by atomic mass is 16.5. The number of anilines is 1. The van der Waals surface area contributed by atoms with Crippen LogP contribution >= 0.6 is 0 Å². The van der Waals surface area contributed by atoms with Gasteiger partial charge in [0.15, 0.2) is 0 Å². The van der Waals surface area contributed by atoms with Gasteiger partial charge in [0.25, 0.3) is 0 Å². The van der Waals surface area contributed by atoms with Crippen molar-refractivity contribution in [2.45, 2.75) is 46.7 Å². The SMILES string of the molecule is CC(C)CCOCCN(c1ccc(CN)cc1)C(C)C. The van der Waals surface area contributed by atoms with Gasteiger partial charge < -0.3 is 15.4 Å². The minimum Gasteiger partial charge on any atom is -0.380 e. The fourth-order valence-electron chi connectivity index (χ4n) is 2.09. The van der Waals surface area contributed by atoms with E-state index < -0.39 is 0 Å². The van der Waals surface area contributed by atoms with E-state index in [1.807, 2.05) is 0 Å². The first-order valence-corrected chi connectivity index (χ1v) is 7.68. The molecular formula is C17H30N2O. The summed E-state index contributed by atoms with van der Waals surface area (Å²) in [5.41, 5.74) is 8.05. The fourth-order valence-corrected chi connectivity index (χ4v) is 2.09. The average molecular weight is 278 g/mol. The van der Waals surface area contributed by atoms with Gasteiger partial charge in [-0.1, -0.05) is 26.0 Å². The molecule has 3 nitrogen and oxygen atoms in total. The monoisotopic (exact) mass is 278 g/mol. The second-order valence-electron chi connectivity index (χ2n) is 5.95. The molecule has 0 aliphatic heterocycles. The third-order valence-electron chi connectivity index (χ3n) is 3.44. The minimum absolute atomic E-state index is 0.465. The lowest BCUT2D eigenvalue weighted by atomic mass is 10.1. The van der Waals surface area contributed by atoms with Crippen LogP contribution in [0.3, 0.4) is 0 Å². The van der Waals surface area contributed by atoms with Crippen molar-refractivity contribution < 1.29 is 4.74 Å². The van der Waals surface area contributed by atoms with Gasteiger partial charge in [-0.15, -0.1) is 0 Å². The van der Waals surface area contributed by atoms with Crippen molar-refractivity contribution in [2.75, 3.05) is 24.7 Å². The molecule has 1 rings (SSSR count). The van der Waals surface area contributed by atoms with Gasteiger partial charge in [0.05, 0.1) is 6.61 Å². The van der Waals surface area contributed by atoms with Crippen LogP contribution in [0, 0.1) is 5.92 Å². The average Bonchev–Trinajstić information content (AvgIpc) is 2.42. The Kier molecular flexibility index (Phi) is 7.63. The molecule has 0 bridgehead atoms. The molecule has 0 amide bonds. The van der Waals surface area contributed by atoms with E-state index in [1.165, 1.54) is 11.3 Å². The van der Waals surface area contributed by atoms with Gasteiger partial charge in [-0.3, -0.25) is 0 Å². The summed E-state index contributed by atoms with van der Waals surface area (Å²) in [5.74, 6) is 0.708. The molecule has 0 saturated carbocycles. The van der Waals surface area contributed by atoms with Crippen LogP contribution in [0.1, 0.15) is 39.7 Å². The molecular weight excluding hydrogens is 248 g/mol. The summed E-state index contributed by atoms with van der Waals surface area (Å²) in [5, 5.41) is 0. The van der Waals surface area contributed by atoms with E-state index in [-0.39, 0.29) is 0 Å². The van der Waals surface area contributed by atoms with Crippen molar-refractivity contribution in [3.8, 4) is 0 Å². The van der Waals surface area contributed by atoms with Crippen LogP contribution in [0.2, 0.25) is 0 Å². The molecule has 0 heterocycles. The zero-order valence-electron chi connectivity index (χ0n) is 13.4. The van der Waals surface area contributed by atoms with Gasteiger partial charge in [0.2, 0.25) is 0 Å². The van der Waals surface area contributed by atoms with E-state index in [1.54, 1.807) is 0 Å². The molecule has 1 aromatic rings. The molecule has 0 aliphatic rings. The van der Waals surface area contributed by atoms with Crippen LogP contribution in [0.5, 0.6) is 0 Å². The summed E-state index contributed by atoms with van der Waals surface area (Å²) < 4.78 is 5.73. The maximum Gasteiger partial charge on any atom is 0.0641 e. The molecule has 20 heavy (non-hydrogen) atoms. The first kappa shape index (κ1) is 17.0. The van der Waals surface area contributed by atoms with Crippen molar-refractivity contribution in [1.29, 1.82) is 0 Å². The number of ether oxygens (including phenoxy) is 1. The summed E-state index contributed by atoms with van der Waals surface area (Å²) in [4.78, 5) is 2.37. The number of nitrogens with two attached hydrogens (primary N) is 1. The molecule has 0 atom stereocenters. The topological polar surface area (TPSA) is 38.5 Å². The van der Waals surface area contributed by atoms with Gasteiger partial charge in [-0.05, 0) is 43.9 Å². The second-order valence-corrected chi connectivity index (χ2v) is 5.95. The normalized spacial score (nSPS) is 11.3. The largest absolute Gasteiger partial charge is 0.380 e. The van der Waals surface area contributed by atoms with Crippen molar-refractivity contribution in [3.63, 3.8) is 0 Å². The third-order valence-corrected chi connectivity index (χ3v) is 3.44. The Balaban J connectivity index is 2.47. The minimum atomic E-state index is 0.465. The Morgan fingerprint density at radius 3 is 2.20 bits per heavy atom. The van der Waals surface area contributed by atoms with Crippen LogP contribution in [0.4, 0.5) is 5.69 Å². The van der Waals surface area contributed by atoms with Gasteiger partial charge in [0, 0.05) is 31.4 Å². The molecule has 0 spiro atoms. The van der Waals surface area contributed by atoms with Crippen LogP contribution in [0.15, 0.2) is 24.3 Å². The highest BCUT2D eigenvalue weighted by Crippen LogP contribution is 2.17. The van der Waals surface area contributed by atoms with Crippen molar-refractivity contribution in [1.82, 2.24) is 0 Å². The molecule has 0 unspecified atom stereocenters. The van der Waals surface area contributed by atoms with E-state index in [0.717, 1.165) is 26.2 Å². The molecule has 1 aromatic carbocycles. The fraction of sp³-hybridized carbons (Fsp3) is 0.647. The first-order valence-electron chi connectivity index (χ1n) is 7.68. The highest BCUT2D eigenvalue weighted by Gasteiger charge is 2.10. The summed E-state index contributed by atoms with van der Waals surface area (Å²) in [6.45, 7) is 12.0. The quantitative estimate of drug-likeness (QED) is 0.703. The molecule has 114 valence electrons. The summed E-state index contributed by atoms with van der Waals surface area (Å²) in [6, 6.07) is 8.97. The van der Waals surface area contributed by atoms with Gasteiger partial charge >= 0.3 is 0 Å². The number of rotatable bonds is 9. The third kappa shape index (κ3) is 5.93. The Morgan fingerprint density at radius 1 is 1.05 bits per heavy atom. The summed E-state index contributed by atoms with van der Waals surface area (Å²) in [7, 11) is 0. The standard InChI is InChI=1S/C17H30N2O/c1-14(2)9-11-20-12-10-19(15(3)4)17-7-5-16(13-18)6-8-17/h5-8,14-15H,9-13,18H2,1-4H3. The lowest BCUT2D eigenvalue weighted by molar-refractivity contribution is 0.128. The van der Waals surface area contributed by atoms with Crippen molar-refractivity contribution >= 4 is 5.69 Å². The maximum atomic E-state index is 5.73.